The Labute approximate surface area is 116 Å². The van der Waals surface area contributed by atoms with E-state index >= 15 is 0 Å². The van der Waals surface area contributed by atoms with Crippen molar-refractivity contribution in [1.29, 1.82) is 0 Å². The molecule has 2 amide bonds. The SMILES string of the molecule is CCOC(=O)C1CCCN1C(=O)NC(CCO)C(=O)O. The maximum absolute atomic E-state index is 12.0. The number of urea groups is 1. The number of hydrogen-bond donors (Lipinski definition) is 3. The summed E-state index contributed by atoms with van der Waals surface area (Å²) in [5.74, 6) is -1.70. The molecular weight excluding hydrogens is 268 g/mol. The fraction of sp³-hybridized carbons (Fsp3) is 0.750. The van der Waals surface area contributed by atoms with Gasteiger partial charge in [-0.3, -0.25) is 0 Å². The monoisotopic (exact) mass is 288 g/mol. The minimum atomic E-state index is -1.22. The molecule has 1 aliphatic rings. The first-order valence-electron chi connectivity index (χ1n) is 6.58. The number of carbonyl (C=O) groups is 3. The minimum Gasteiger partial charge on any atom is -0.480 e. The highest BCUT2D eigenvalue weighted by atomic mass is 16.5. The van der Waals surface area contributed by atoms with Crippen molar-refractivity contribution in [3.05, 3.63) is 0 Å². The van der Waals surface area contributed by atoms with Gasteiger partial charge in [0.05, 0.1) is 6.61 Å². The second-order valence-corrected chi connectivity index (χ2v) is 4.46. The number of rotatable bonds is 6. The Hall–Kier alpha value is -1.83. The van der Waals surface area contributed by atoms with Gasteiger partial charge in [0.2, 0.25) is 0 Å². The third kappa shape index (κ3) is 4.09. The number of aliphatic hydroxyl groups is 1. The van der Waals surface area contributed by atoms with Gasteiger partial charge in [-0.1, -0.05) is 0 Å². The zero-order valence-corrected chi connectivity index (χ0v) is 11.4. The number of nitrogens with zero attached hydrogens (tertiary/aromatic N) is 1. The van der Waals surface area contributed by atoms with Crippen LogP contribution in [0.2, 0.25) is 0 Å². The molecule has 0 aromatic heterocycles. The van der Waals surface area contributed by atoms with Crippen molar-refractivity contribution in [3.63, 3.8) is 0 Å². The highest BCUT2D eigenvalue weighted by Crippen LogP contribution is 2.18. The summed E-state index contributed by atoms with van der Waals surface area (Å²) in [6.07, 6.45) is 1.08. The molecule has 0 radical (unpaired) electrons. The van der Waals surface area contributed by atoms with Gasteiger partial charge in [-0.05, 0) is 19.8 Å². The van der Waals surface area contributed by atoms with E-state index in [1.165, 1.54) is 4.90 Å². The first-order valence-corrected chi connectivity index (χ1v) is 6.58. The molecule has 3 N–H and O–H groups in total. The van der Waals surface area contributed by atoms with Crippen LogP contribution < -0.4 is 5.32 Å². The first kappa shape index (κ1) is 16.2. The van der Waals surface area contributed by atoms with Gasteiger partial charge >= 0.3 is 18.0 Å². The summed E-state index contributed by atoms with van der Waals surface area (Å²) < 4.78 is 4.89. The quantitative estimate of drug-likeness (QED) is 0.570. The zero-order valence-electron chi connectivity index (χ0n) is 11.4. The Morgan fingerprint density at radius 2 is 2.15 bits per heavy atom. The molecule has 1 saturated heterocycles. The molecule has 8 heteroatoms. The molecule has 114 valence electrons. The summed E-state index contributed by atoms with van der Waals surface area (Å²) in [6.45, 7) is 1.94. The normalized spacial score (nSPS) is 19.5. The molecular formula is C12H20N2O6. The van der Waals surface area contributed by atoms with Gasteiger partial charge in [0, 0.05) is 19.6 Å². The van der Waals surface area contributed by atoms with Crippen LogP contribution in [0.5, 0.6) is 0 Å². The van der Waals surface area contributed by atoms with E-state index in [1.54, 1.807) is 6.92 Å². The molecule has 0 aromatic carbocycles. The van der Waals surface area contributed by atoms with E-state index in [1.807, 2.05) is 0 Å². The van der Waals surface area contributed by atoms with E-state index in [0.717, 1.165) is 0 Å². The average molecular weight is 288 g/mol. The van der Waals surface area contributed by atoms with Gasteiger partial charge in [-0.2, -0.15) is 0 Å². The molecule has 1 rings (SSSR count). The fourth-order valence-corrected chi connectivity index (χ4v) is 2.11. The zero-order chi connectivity index (χ0) is 15.1. The van der Waals surface area contributed by atoms with Crippen molar-refractivity contribution >= 4 is 18.0 Å². The Bertz CT molecular complexity index is 373. The van der Waals surface area contributed by atoms with Crippen LogP contribution in [-0.4, -0.2) is 64.9 Å². The molecule has 20 heavy (non-hydrogen) atoms. The van der Waals surface area contributed by atoms with Gasteiger partial charge < -0.3 is 25.2 Å². The predicted molar refractivity (Wildman–Crippen MR) is 68.0 cm³/mol. The van der Waals surface area contributed by atoms with E-state index in [2.05, 4.69) is 5.32 Å². The van der Waals surface area contributed by atoms with E-state index in [9.17, 15) is 14.4 Å². The molecule has 1 aliphatic heterocycles. The van der Waals surface area contributed by atoms with Gasteiger partial charge in [0.15, 0.2) is 0 Å². The first-order chi connectivity index (χ1) is 9.51. The smallest absolute Gasteiger partial charge is 0.328 e. The predicted octanol–water partition coefficient (Wildman–Crippen LogP) is -0.441. The topological polar surface area (TPSA) is 116 Å². The number of likely N-dealkylation sites (tertiary alicyclic amines) is 1. The molecule has 0 aromatic rings. The van der Waals surface area contributed by atoms with Gasteiger partial charge in [-0.25, -0.2) is 14.4 Å². The molecule has 0 saturated carbocycles. The third-order valence-electron chi connectivity index (χ3n) is 3.09. The molecule has 0 bridgehead atoms. The lowest BCUT2D eigenvalue weighted by molar-refractivity contribution is -0.147. The largest absolute Gasteiger partial charge is 0.480 e. The highest BCUT2D eigenvalue weighted by molar-refractivity contribution is 5.87. The lowest BCUT2D eigenvalue weighted by Crippen LogP contribution is -2.51. The number of ether oxygens (including phenoxy) is 1. The van der Waals surface area contributed by atoms with Crippen LogP contribution in [0.3, 0.4) is 0 Å². The number of aliphatic carboxylic acids is 1. The van der Waals surface area contributed by atoms with E-state index in [-0.39, 0.29) is 19.6 Å². The van der Waals surface area contributed by atoms with Crippen LogP contribution in [0.25, 0.3) is 0 Å². The average Bonchev–Trinajstić information content (AvgIpc) is 2.87. The Morgan fingerprint density at radius 3 is 2.70 bits per heavy atom. The number of carboxylic acid groups (broad SMARTS) is 1. The number of carboxylic acids is 1. The maximum Gasteiger partial charge on any atom is 0.328 e. The standard InChI is InChI=1S/C12H20N2O6/c1-2-20-11(18)9-4-3-6-14(9)12(19)13-8(5-7-15)10(16)17/h8-9,15H,2-7H2,1H3,(H,13,19)(H,16,17). The minimum absolute atomic E-state index is 0.0843. The second-order valence-electron chi connectivity index (χ2n) is 4.46. The van der Waals surface area contributed by atoms with Crippen molar-refractivity contribution < 1.29 is 29.3 Å². The Morgan fingerprint density at radius 1 is 1.45 bits per heavy atom. The van der Waals surface area contributed by atoms with Crippen molar-refractivity contribution in [2.75, 3.05) is 19.8 Å². The van der Waals surface area contributed by atoms with Crippen LogP contribution in [0, 0.1) is 0 Å². The van der Waals surface area contributed by atoms with Crippen molar-refractivity contribution in [2.24, 2.45) is 0 Å². The Balaban J connectivity index is 2.65. The Kier molecular flexibility index (Phi) is 6.23. The highest BCUT2D eigenvalue weighted by Gasteiger charge is 2.36. The number of nitrogens with one attached hydrogen (secondary N) is 1. The summed E-state index contributed by atoms with van der Waals surface area (Å²) in [6, 6.07) is -2.46. The lowest BCUT2D eigenvalue weighted by atomic mass is 10.2. The summed E-state index contributed by atoms with van der Waals surface area (Å²) in [7, 11) is 0. The van der Waals surface area contributed by atoms with E-state index < -0.39 is 30.1 Å². The molecule has 2 atom stereocenters. The summed E-state index contributed by atoms with van der Waals surface area (Å²) in [5.41, 5.74) is 0. The summed E-state index contributed by atoms with van der Waals surface area (Å²) in [5, 5.41) is 20.0. The van der Waals surface area contributed by atoms with E-state index in [4.69, 9.17) is 14.9 Å². The molecule has 1 fully saturated rings. The fourth-order valence-electron chi connectivity index (χ4n) is 2.11. The third-order valence-corrected chi connectivity index (χ3v) is 3.09. The molecule has 8 nitrogen and oxygen atoms in total. The molecule has 0 aliphatic carbocycles. The van der Waals surface area contributed by atoms with Crippen molar-refractivity contribution in [1.82, 2.24) is 10.2 Å². The molecule has 0 spiro atoms. The number of esters is 1. The maximum atomic E-state index is 12.0. The van der Waals surface area contributed by atoms with Crippen LogP contribution in [0.15, 0.2) is 0 Å². The second kappa shape index (κ2) is 7.68. The van der Waals surface area contributed by atoms with Crippen LogP contribution in [0.1, 0.15) is 26.2 Å². The van der Waals surface area contributed by atoms with E-state index in [0.29, 0.717) is 19.4 Å². The van der Waals surface area contributed by atoms with Crippen LogP contribution >= 0.6 is 0 Å². The molecule has 2 unspecified atom stereocenters. The van der Waals surface area contributed by atoms with Crippen LogP contribution in [0.4, 0.5) is 4.79 Å². The summed E-state index contributed by atoms with van der Waals surface area (Å²) in [4.78, 5) is 35.9. The van der Waals surface area contributed by atoms with Crippen LogP contribution in [-0.2, 0) is 14.3 Å². The number of carbonyl (C=O) groups excluding carboxylic acids is 2. The van der Waals surface area contributed by atoms with Gasteiger partial charge in [-0.15, -0.1) is 0 Å². The van der Waals surface area contributed by atoms with Gasteiger partial charge in [0.1, 0.15) is 12.1 Å². The summed E-state index contributed by atoms with van der Waals surface area (Å²) >= 11 is 0. The lowest BCUT2D eigenvalue weighted by Gasteiger charge is -2.25. The number of hydrogen-bond acceptors (Lipinski definition) is 5. The number of aliphatic hydroxyl groups excluding tert-OH is 1. The van der Waals surface area contributed by atoms with Gasteiger partial charge in [0.25, 0.3) is 0 Å². The van der Waals surface area contributed by atoms with Crippen molar-refractivity contribution in [2.45, 2.75) is 38.3 Å². The number of amides is 2. The van der Waals surface area contributed by atoms with Crippen molar-refractivity contribution in [3.8, 4) is 0 Å². The molecule has 1 heterocycles.